The van der Waals surface area contributed by atoms with Crippen LogP contribution in [0.1, 0.15) is 43.0 Å². The number of aromatic hydroxyl groups is 1. The highest BCUT2D eigenvalue weighted by molar-refractivity contribution is 5.98. The Morgan fingerprint density at radius 2 is 2.22 bits per heavy atom. The lowest BCUT2D eigenvalue weighted by atomic mass is 10.1. The molecule has 98 valence electrons. The molecule has 1 aromatic rings. The molecule has 0 atom stereocenters. The molecule has 4 heteroatoms. The highest BCUT2D eigenvalue weighted by Crippen LogP contribution is 2.32. The number of anilines is 1. The third-order valence-corrected chi connectivity index (χ3v) is 3.30. The summed E-state index contributed by atoms with van der Waals surface area (Å²) in [4.78, 5) is 14.3. The van der Waals surface area contributed by atoms with Crippen molar-refractivity contribution in [1.29, 1.82) is 0 Å². The average Bonchev–Trinajstić information content (AvgIpc) is 3.17. The van der Waals surface area contributed by atoms with Gasteiger partial charge in [0, 0.05) is 12.6 Å². The van der Waals surface area contributed by atoms with Gasteiger partial charge in [-0.2, -0.15) is 0 Å². The number of nitrogen functional groups attached to an aromatic ring is 1. The number of unbranched alkanes of at least 4 members (excludes halogenated alkanes) is 1. The number of carbonyl (C=O) groups is 1. The number of hydrogen-bond acceptors (Lipinski definition) is 3. The number of nitrogens with two attached hydrogens (primary N) is 1. The van der Waals surface area contributed by atoms with Crippen LogP contribution in [0, 0.1) is 0 Å². The molecule has 0 spiro atoms. The van der Waals surface area contributed by atoms with Gasteiger partial charge in [-0.05, 0) is 31.4 Å². The standard InChI is InChI=1S/C14H20N2O2/c1-2-3-9-16(10-7-8-10)14(18)11-5-4-6-12(15)13(11)17/h4-6,10,17H,2-3,7-9,15H2,1H3. The van der Waals surface area contributed by atoms with E-state index in [9.17, 15) is 9.90 Å². The first kappa shape index (κ1) is 12.7. The van der Waals surface area contributed by atoms with Crippen molar-refractivity contribution in [3.63, 3.8) is 0 Å². The van der Waals surface area contributed by atoms with E-state index >= 15 is 0 Å². The van der Waals surface area contributed by atoms with Gasteiger partial charge >= 0.3 is 0 Å². The van der Waals surface area contributed by atoms with E-state index in [0.717, 1.165) is 32.2 Å². The summed E-state index contributed by atoms with van der Waals surface area (Å²) in [5.74, 6) is -0.194. The number of amides is 1. The topological polar surface area (TPSA) is 66.6 Å². The third-order valence-electron chi connectivity index (χ3n) is 3.30. The first-order chi connectivity index (χ1) is 8.65. The van der Waals surface area contributed by atoms with Gasteiger partial charge in [0.2, 0.25) is 0 Å². The maximum absolute atomic E-state index is 12.4. The number of para-hydroxylation sites is 1. The highest BCUT2D eigenvalue weighted by atomic mass is 16.3. The molecule has 0 bridgehead atoms. The summed E-state index contributed by atoms with van der Waals surface area (Å²) in [5, 5.41) is 9.87. The van der Waals surface area contributed by atoms with Crippen molar-refractivity contribution in [2.45, 2.75) is 38.6 Å². The molecule has 2 rings (SSSR count). The minimum atomic E-state index is -0.101. The summed E-state index contributed by atoms with van der Waals surface area (Å²) in [5.41, 5.74) is 6.20. The van der Waals surface area contributed by atoms with Gasteiger partial charge in [0.05, 0.1) is 11.3 Å². The molecule has 0 unspecified atom stereocenters. The van der Waals surface area contributed by atoms with E-state index in [1.54, 1.807) is 18.2 Å². The number of carbonyl (C=O) groups excluding carboxylic acids is 1. The Balaban J connectivity index is 2.19. The lowest BCUT2D eigenvalue weighted by Gasteiger charge is -2.23. The molecular formula is C14H20N2O2. The molecule has 4 nitrogen and oxygen atoms in total. The third kappa shape index (κ3) is 2.58. The lowest BCUT2D eigenvalue weighted by molar-refractivity contribution is 0.0738. The molecule has 1 saturated carbocycles. The van der Waals surface area contributed by atoms with Crippen molar-refractivity contribution in [1.82, 2.24) is 4.90 Å². The monoisotopic (exact) mass is 248 g/mol. The number of phenolic OH excluding ortho intramolecular Hbond substituents is 1. The largest absolute Gasteiger partial charge is 0.505 e. The predicted octanol–water partition coefficient (Wildman–Crippen LogP) is 2.38. The Labute approximate surface area is 107 Å². The minimum absolute atomic E-state index is 0.0929. The first-order valence-corrected chi connectivity index (χ1v) is 6.53. The van der Waals surface area contributed by atoms with Crippen LogP contribution in [0.25, 0.3) is 0 Å². The summed E-state index contributed by atoms with van der Waals surface area (Å²) >= 11 is 0. The van der Waals surface area contributed by atoms with Crippen molar-refractivity contribution < 1.29 is 9.90 Å². The van der Waals surface area contributed by atoms with E-state index in [4.69, 9.17) is 5.73 Å². The zero-order chi connectivity index (χ0) is 13.1. The zero-order valence-corrected chi connectivity index (χ0v) is 10.7. The Kier molecular flexibility index (Phi) is 3.75. The summed E-state index contributed by atoms with van der Waals surface area (Å²) < 4.78 is 0. The van der Waals surface area contributed by atoms with Gasteiger partial charge < -0.3 is 15.7 Å². The smallest absolute Gasteiger partial charge is 0.257 e. The van der Waals surface area contributed by atoms with E-state index in [2.05, 4.69) is 6.92 Å². The molecule has 1 amide bonds. The van der Waals surface area contributed by atoms with Crippen molar-refractivity contribution in [3.8, 4) is 5.75 Å². The van der Waals surface area contributed by atoms with Gasteiger partial charge in [-0.25, -0.2) is 0 Å². The maximum Gasteiger partial charge on any atom is 0.257 e. The Morgan fingerprint density at radius 3 is 2.83 bits per heavy atom. The van der Waals surface area contributed by atoms with Crippen LogP contribution in [-0.4, -0.2) is 28.5 Å². The molecule has 1 aliphatic rings. The molecular weight excluding hydrogens is 228 g/mol. The van der Waals surface area contributed by atoms with Gasteiger partial charge in [-0.15, -0.1) is 0 Å². The fourth-order valence-electron chi connectivity index (χ4n) is 2.05. The summed E-state index contributed by atoms with van der Waals surface area (Å²) in [6.45, 7) is 2.86. The van der Waals surface area contributed by atoms with Gasteiger partial charge in [0.15, 0.2) is 5.75 Å². The van der Waals surface area contributed by atoms with E-state index in [1.807, 2.05) is 4.90 Å². The SMILES string of the molecule is CCCCN(C(=O)c1cccc(N)c1O)C1CC1. The molecule has 0 aliphatic heterocycles. The maximum atomic E-state index is 12.4. The van der Waals surface area contributed by atoms with Crippen LogP contribution in [-0.2, 0) is 0 Å². The summed E-state index contributed by atoms with van der Waals surface area (Å²) in [6.07, 6.45) is 4.18. The normalized spacial score (nSPS) is 14.5. The molecule has 0 radical (unpaired) electrons. The van der Waals surface area contributed by atoms with Gasteiger partial charge in [-0.1, -0.05) is 19.4 Å². The molecule has 1 aromatic carbocycles. The molecule has 18 heavy (non-hydrogen) atoms. The van der Waals surface area contributed by atoms with Crippen LogP contribution in [0.4, 0.5) is 5.69 Å². The van der Waals surface area contributed by atoms with E-state index in [0.29, 0.717) is 11.6 Å². The molecule has 1 fully saturated rings. The van der Waals surface area contributed by atoms with Crippen molar-refractivity contribution in [2.24, 2.45) is 0 Å². The molecule has 0 aromatic heterocycles. The minimum Gasteiger partial charge on any atom is -0.505 e. The van der Waals surface area contributed by atoms with E-state index in [-0.39, 0.29) is 17.3 Å². The number of benzene rings is 1. The zero-order valence-electron chi connectivity index (χ0n) is 10.7. The molecule has 3 N–H and O–H groups in total. The van der Waals surface area contributed by atoms with Crippen LogP contribution < -0.4 is 5.73 Å². The summed E-state index contributed by atoms with van der Waals surface area (Å²) in [7, 11) is 0. The Hall–Kier alpha value is -1.71. The molecule has 0 heterocycles. The predicted molar refractivity (Wildman–Crippen MR) is 71.5 cm³/mol. The highest BCUT2D eigenvalue weighted by Gasteiger charge is 2.33. The number of phenols is 1. The van der Waals surface area contributed by atoms with Crippen molar-refractivity contribution in [2.75, 3.05) is 12.3 Å². The number of hydrogen-bond donors (Lipinski definition) is 2. The second kappa shape index (κ2) is 5.29. The van der Waals surface area contributed by atoms with Gasteiger partial charge in [0.25, 0.3) is 5.91 Å². The first-order valence-electron chi connectivity index (χ1n) is 6.53. The van der Waals surface area contributed by atoms with Gasteiger partial charge in [0.1, 0.15) is 0 Å². The molecule has 0 saturated heterocycles. The number of rotatable bonds is 5. The van der Waals surface area contributed by atoms with Crippen LogP contribution in [0.3, 0.4) is 0 Å². The van der Waals surface area contributed by atoms with Gasteiger partial charge in [-0.3, -0.25) is 4.79 Å². The van der Waals surface area contributed by atoms with E-state index < -0.39 is 0 Å². The van der Waals surface area contributed by atoms with Crippen LogP contribution in [0.15, 0.2) is 18.2 Å². The van der Waals surface area contributed by atoms with E-state index in [1.165, 1.54) is 0 Å². The van der Waals surface area contributed by atoms with Crippen LogP contribution >= 0.6 is 0 Å². The average molecular weight is 248 g/mol. The molecule has 1 aliphatic carbocycles. The fourth-order valence-corrected chi connectivity index (χ4v) is 2.05. The second-order valence-corrected chi connectivity index (χ2v) is 4.83. The second-order valence-electron chi connectivity index (χ2n) is 4.83. The Morgan fingerprint density at radius 1 is 1.50 bits per heavy atom. The summed E-state index contributed by atoms with van der Waals surface area (Å²) in [6, 6.07) is 5.28. The number of nitrogens with zero attached hydrogens (tertiary/aromatic N) is 1. The van der Waals surface area contributed by atoms with Crippen LogP contribution in [0.5, 0.6) is 5.75 Å². The lowest BCUT2D eigenvalue weighted by Crippen LogP contribution is -2.34. The Bertz CT molecular complexity index is 441. The fraction of sp³-hybridized carbons (Fsp3) is 0.500. The quantitative estimate of drug-likeness (QED) is 0.621. The van der Waals surface area contributed by atoms with Crippen molar-refractivity contribution in [3.05, 3.63) is 23.8 Å². The van der Waals surface area contributed by atoms with Crippen LogP contribution in [0.2, 0.25) is 0 Å². The van der Waals surface area contributed by atoms with Crippen molar-refractivity contribution >= 4 is 11.6 Å².